The SMILES string of the molecule is CCNC(=O)C1(NC(=O)c2cc(NC(=O)[C@H]3[C@H](c4cc(Cl)cc(Cl)c4)C3(Cl)Cl)ccc2Cl)CC1. The van der Waals surface area contributed by atoms with Crippen molar-refractivity contribution in [3.8, 4) is 0 Å². The third-order valence-electron chi connectivity index (χ3n) is 5.93. The van der Waals surface area contributed by atoms with Crippen LogP contribution in [-0.2, 0) is 9.59 Å². The standard InChI is InChI=1S/C23H20Cl5N3O3/c1-2-29-21(34)22(5-6-22)31-19(32)15-10-14(3-4-16(15)26)30-20(33)18-17(23(18,27)28)11-7-12(24)9-13(25)8-11/h3-4,7-10,17-18H,2,5-6H2,1H3,(H,29,34)(H,30,33)(H,31,32)/t17-,18+/m0/s1. The highest BCUT2D eigenvalue weighted by Crippen LogP contribution is 2.65. The summed E-state index contributed by atoms with van der Waals surface area (Å²) in [5, 5.41) is 9.23. The molecule has 0 saturated heterocycles. The summed E-state index contributed by atoms with van der Waals surface area (Å²) >= 11 is 31.2. The number of benzene rings is 2. The molecule has 2 atom stereocenters. The summed E-state index contributed by atoms with van der Waals surface area (Å²) in [5.74, 6) is -2.43. The van der Waals surface area contributed by atoms with Crippen LogP contribution in [-0.4, -0.2) is 34.1 Å². The molecular formula is C23H20Cl5N3O3. The number of nitrogens with one attached hydrogen (secondary N) is 3. The molecule has 0 radical (unpaired) electrons. The zero-order valence-electron chi connectivity index (χ0n) is 17.9. The van der Waals surface area contributed by atoms with E-state index < -0.39 is 33.5 Å². The van der Waals surface area contributed by atoms with Gasteiger partial charge >= 0.3 is 0 Å². The van der Waals surface area contributed by atoms with E-state index in [1.54, 1.807) is 31.2 Å². The van der Waals surface area contributed by atoms with Crippen LogP contribution in [0.2, 0.25) is 15.1 Å². The predicted molar refractivity (Wildman–Crippen MR) is 135 cm³/mol. The summed E-state index contributed by atoms with van der Waals surface area (Å²) in [6, 6.07) is 9.41. The Kier molecular flexibility index (Phi) is 7.02. The van der Waals surface area contributed by atoms with Gasteiger partial charge < -0.3 is 16.0 Å². The van der Waals surface area contributed by atoms with E-state index in [-0.39, 0.29) is 16.5 Å². The maximum absolute atomic E-state index is 13.0. The molecule has 6 nitrogen and oxygen atoms in total. The number of amides is 3. The van der Waals surface area contributed by atoms with E-state index in [9.17, 15) is 14.4 Å². The molecule has 2 aromatic rings. The van der Waals surface area contributed by atoms with Crippen molar-refractivity contribution in [1.82, 2.24) is 10.6 Å². The maximum atomic E-state index is 13.0. The number of rotatable bonds is 7. The second kappa shape index (κ2) is 9.40. The second-order valence-corrected chi connectivity index (χ2v) is 11.1. The molecule has 2 fully saturated rings. The van der Waals surface area contributed by atoms with Crippen molar-refractivity contribution in [1.29, 1.82) is 0 Å². The maximum Gasteiger partial charge on any atom is 0.253 e. The molecule has 2 aromatic carbocycles. The van der Waals surface area contributed by atoms with Crippen LogP contribution in [0, 0.1) is 5.92 Å². The van der Waals surface area contributed by atoms with Crippen molar-refractivity contribution in [2.75, 3.05) is 11.9 Å². The highest BCUT2D eigenvalue weighted by atomic mass is 35.5. The first-order valence-electron chi connectivity index (χ1n) is 10.5. The van der Waals surface area contributed by atoms with E-state index in [4.69, 9.17) is 58.0 Å². The van der Waals surface area contributed by atoms with Crippen LogP contribution in [0.4, 0.5) is 5.69 Å². The van der Waals surface area contributed by atoms with Crippen LogP contribution < -0.4 is 16.0 Å². The van der Waals surface area contributed by atoms with Gasteiger partial charge in [0.1, 0.15) is 9.87 Å². The van der Waals surface area contributed by atoms with Crippen molar-refractivity contribution in [3.05, 3.63) is 62.6 Å². The number of halogens is 5. The van der Waals surface area contributed by atoms with Gasteiger partial charge in [-0.15, -0.1) is 23.2 Å². The monoisotopic (exact) mass is 561 g/mol. The Bertz CT molecular complexity index is 1160. The first-order valence-corrected chi connectivity index (χ1v) is 12.4. The summed E-state index contributed by atoms with van der Waals surface area (Å²) in [6.07, 6.45) is 1.09. The summed E-state index contributed by atoms with van der Waals surface area (Å²) in [5.41, 5.74) is 0.193. The number of hydrogen-bond donors (Lipinski definition) is 3. The molecule has 2 aliphatic carbocycles. The van der Waals surface area contributed by atoms with Crippen LogP contribution in [0.5, 0.6) is 0 Å². The zero-order valence-corrected chi connectivity index (χ0v) is 21.6. The lowest BCUT2D eigenvalue weighted by molar-refractivity contribution is -0.123. The Balaban J connectivity index is 1.48. The molecule has 0 aromatic heterocycles. The molecule has 0 heterocycles. The van der Waals surface area contributed by atoms with Gasteiger partial charge in [-0.05, 0) is 61.7 Å². The molecule has 3 amide bonds. The van der Waals surface area contributed by atoms with Gasteiger partial charge in [-0.25, -0.2) is 0 Å². The number of alkyl halides is 2. The van der Waals surface area contributed by atoms with Crippen molar-refractivity contribution in [3.63, 3.8) is 0 Å². The largest absolute Gasteiger partial charge is 0.354 e. The average Bonchev–Trinajstić information content (AvgIpc) is 3.64. The zero-order chi connectivity index (χ0) is 24.8. The van der Waals surface area contributed by atoms with Gasteiger partial charge in [-0.1, -0.05) is 34.8 Å². The molecule has 11 heteroatoms. The van der Waals surface area contributed by atoms with Gasteiger partial charge in [0.15, 0.2) is 0 Å². The lowest BCUT2D eigenvalue weighted by Crippen LogP contribution is -2.49. The first-order chi connectivity index (χ1) is 16.0. The number of likely N-dealkylation sites (N-methyl/N-ethyl adjacent to an activating group) is 1. The molecule has 0 bridgehead atoms. The average molecular weight is 564 g/mol. The minimum Gasteiger partial charge on any atom is -0.354 e. The Morgan fingerprint density at radius 1 is 1.00 bits per heavy atom. The van der Waals surface area contributed by atoms with Crippen molar-refractivity contribution >= 4 is 81.4 Å². The fourth-order valence-electron chi connectivity index (χ4n) is 3.97. The Morgan fingerprint density at radius 2 is 1.65 bits per heavy atom. The molecule has 0 spiro atoms. The van der Waals surface area contributed by atoms with E-state index in [2.05, 4.69) is 16.0 Å². The van der Waals surface area contributed by atoms with Crippen LogP contribution in [0.15, 0.2) is 36.4 Å². The molecule has 0 aliphatic heterocycles. The molecule has 34 heavy (non-hydrogen) atoms. The Morgan fingerprint density at radius 3 is 2.24 bits per heavy atom. The summed E-state index contributed by atoms with van der Waals surface area (Å²) in [4.78, 5) is 38.1. The first kappa shape index (κ1) is 25.4. The third kappa shape index (κ3) is 4.98. The van der Waals surface area contributed by atoms with Crippen LogP contribution >= 0.6 is 58.0 Å². The lowest BCUT2D eigenvalue weighted by Gasteiger charge is -2.17. The summed E-state index contributed by atoms with van der Waals surface area (Å²) in [7, 11) is 0. The lowest BCUT2D eigenvalue weighted by atomic mass is 10.1. The fraction of sp³-hybridized carbons (Fsp3) is 0.348. The minimum absolute atomic E-state index is 0.132. The van der Waals surface area contributed by atoms with Gasteiger partial charge in [-0.2, -0.15) is 0 Å². The molecule has 180 valence electrons. The second-order valence-electron chi connectivity index (χ2n) is 8.41. The smallest absolute Gasteiger partial charge is 0.253 e. The highest BCUT2D eigenvalue weighted by molar-refractivity contribution is 6.53. The molecule has 2 aliphatic rings. The van der Waals surface area contributed by atoms with E-state index in [1.807, 2.05) is 0 Å². The van der Waals surface area contributed by atoms with Crippen LogP contribution in [0.1, 0.15) is 41.6 Å². The summed E-state index contributed by atoms with van der Waals surface area (Å²) < 4.78 is -1.34. The fourth-order valence-corrected chi connectivity index (χ4v) is 5.54. The topological polar surface area (TPSA) is 87.3 Å². The van der Waals surface area contributed by atoms with Gasteiger partial charge in [0.05, 0.1) is 16.5 Å². The minimum atomic E-state index is -1.34. The van der Waals surface area contributed by atoms with E-state index in [1.165, 1.54) is 12.1 Å². The molecular weight excluding hydrogens is 544 g/mol. The number of carbonyl (C=O) groups excluding carboxylic acids is 3. The van der Waals surface area contributed by atoms with Gasteiger partial charge in [-0.3, -0.25) is 14.4 Å². The molecule has 0 unspecified atom stereocenters. The van der Waals surface area contributed by atoms with Gasteiger partial charge in [0, 0.05) is 28.2 Å². The predicted octanol–water partition coefficient (Wildman–Crippen LogP) is 5.57. The van der Waals surface area contributed by atoms with Crippen molar-refractivity contribution in [2.24, 2.45) is 5.92 Å². The molecule has 3 N–H and O–H groups in total. The van der Waals surface area contributed by atoms with Crippen LogP contribution in [0.25, 0.3) is 0 Å². The Labute approximate surface area is 221 Å². The van der Waals surface area contributed by atoms with E-state index >= 15 is 0 Å². The van der Waals surface area contributed by atoms with Crippen molar-refractivity contribution < 1.29 is 14.4 Å². The van der Waals surface area contributed by atoms with Gasteiger partial charge in [0.25, 0.3) is 5.91 Å². The number of anilines is 1. The van der Waals surface area contributed by atoms with Crippen molar-refractivity contribution in [2.45, 2.75) is 35.6 Å². The quantitative estimate of drug-likeness (QED) is 0.385. The number of carbonyl (C=O) groups is 3. The number of hydrogen-bond acceptors (Lipinski definition) is 3. The highest BCUT2D eigenvalue weighted by Gasteiger charge is 2.67. The normalized spacial score (nSPS) is 21.4. The third-order valence-corrected chi connectivity index (χ3v) is 7.64. The molecule has 4 rings (SSSR count). The van der Waals surface area contributed by atoms with E-state index in [0.29, 0.717) is 40.7 Å². The Hall–Kier alpha value is -1.70. The van der Waals surface area contributed by atoms with E-state index in [0.717, 1.165) is 0 Å². The molecule has 2 saturated carbocycles. The van der Waals surface area contributed by atoms with Gasteiger partial charge in [0.2, 0.25) is 11.8 Å². The summed E-state index contributed by atoms with van der Waals surface area (Å²) in [6.45, 7) is 2.27. The van der Waals surface area contributed by atoms with Crippen LogP contribution in [0.3, 0.4) is 0 Å².